The number of nitrogens with zero attached hydrogens (tertiary/aromatic N) is 4. The molecule has 27 heavy (non-hydrogen) atoms. The summed E-state index contributed by atoms with van der Waals surface area (Å²) in [7, 11) is 0. The lowest BCUT2D eigenvalue weighted by atomic mass is 10.1. The molecule has 1 aliphatic rings. The average Bonchev–Trinajstić information content (AvgIpc) is 3.30. The Labute approximate surface area is 155 Å². The van der Waals surface area contributed by atoms with Crippen LogP contribution in [0.4, 0.5) is 5.82 Å². The first-order chi connectivity index (χ1) is 13.0. The van der Waals surface area contributed by atoms with E-state index in [9.17, 15) is 19.8 Å². The lowest BCUT2D eigenvalue weighted by Crippen LogP contribution is -2.40. The molecule has 4 heterocycles. The van der Waals surface area contributed by atoms with Gasteiger partial charge in [0.05, 0.1) is 6.20 Å². The molecule has 0 spiro atoms. The normalized spacial score (nSPS) is 25.1. The van der Waals surface area contributed by atoms with Crippen molar-refractivity contribution in [3.05, 3.63) is 46.2 Å². The van der Waals surface area contributed by atoms with Crippen LogP contribution >= 0.6 is 11.3 Å². The first-order valence-corrected chi connectivity index (χ1v) is 8.88. The molecular formula is C15H16N6O5S. The lowest BCUT2D eigenvalue weighted by molar-refractivity contribution is -0.0386. The van der Waals surface area contributed by atoms with Crippen molar-refractivity contribution >= 4 is 28.0 Å². The third-order valence-electron chi connectivity index (χ3n) is 4.31. The van der Waals surface area contributed by atoms with Crippen molar-refractivity contribution in [1.82, 2.24) is 24.3 Å². The van der Waals surface area contributed by atoms with Gasteiger partial charge in [-0.3, -0.25) is 13.8 Å². The minimum absolute atomic E-state index is 0.0358. The van der Waals surface area contributed by atoms with Crippen molar-refractivity contribution in [2.75, 3.05) is 12.3 Å². The van der Waals surface area contributed by atoms with E-state index in [1.54, 1.807) is 10.6 Å². The minimum atomic E-state index is -1.37. The summed E-state index contributed by atoms with van der Waals surface area (Å²) in [6, 6.07) is 1.38. The first kappa shape index (κ1) is 17.6. The van der Waals surface area contributed by atoms with Gasteiger partial charge < -0.3 is 26.0 Å². The number of nitrogens with two attached hydrogens (primary N) is 1. The summed E-state index contributed by atoms with van der Waals surface area (Å²) >= 11 is 1.40. The maximum Gasteiger partial charge on any atom is 0.351 e. The fraction of sp³-hybridized carbons (Fsp3) is 0.333. The van der Waals surface area contributed by atoms with Crippen molar-refractivity contribution in [1.29, 1.82) is 0 Å². The SMILES string of the molecule is Nc1ccn([C@@H]2O[C@H](CNC(=O)c3cnc4sccn34)[C@@H](O)[C@H]2O)c(=O)n1. The number of fused-ring (bicyclic) bond motifs is 1. The number of aromatic nitrogens is 4. The standard InChI is InChI=1S/C15H16N6O5S/c16-9-1-2-21(14(25)19-9)13-11(23)10(22)8(26-13)6-17-12(24)7-5-18-15-20(7)3-4-27-15/h1-5,8,10-11,13,22-23H,6H2,(H,17,24)(H2,16,19,25)/t8-,10-,11-,13-/m1/s1. The number of hydrogen-bond donors (Lipinski definition) is 4. The summed E-state index contributed by atoms with van der Waals surface area (Å²) in [4.78, 5) is 32.7. The van der Waals surface area contributed by atoms with E-state index in [1.165, 1.54) is 29.8 Å². The second-order valence-corrected chi connectivity index (χ2v) is 6.87. The van der Waals surface area contributed by atoms with E-state index in [-0.39, 0.29) is 12.4 Å². The Morgan fingerprint density at radius 3 is 2.96 bits per heavy atom. The number of ether oxygens (including phenoxy) is 1. The highest BCUT2D eigenvalue weighted by atomic mass is 32.1. The largest absolute Gasteiger partial charge is 0.387 e. The maximum absolute atomic E-state index is 12.4. The molecule has 12 heteroatoms. The van der Waals surface area contributed by atoms with E-state index in [0.717, 1.165) is 4.57 Å². The molecule has 1 aliphatic heterocycles. The molecule has 0 radical (unpaired) electrons. The number of carbonyl (C=O) groups excluding carboxylic acids is 1. The third-order valence-corrected chi connectivity index (χ3v) is 5.08. The molecule has 1 saturated heterocycles. The van der Waals surface area contributed by atoms with Crippen LogP contribution in [0, 0.1) is 0 Å². The number of nitrogens with one attached hydrogen (secondary N) is 1. The molecule has 4 rings (SSSR count). The van der Waals surface area contributed by atoms with Gasteiger partial charge >= 0.3 is 5.69 Å². The van der Waals surface area contributed by atoms with Gasteiger partial charge in [-0.15, -0.1) is 11.3 Å². The van der Waals surface area contributed by atoms with E-state index >= 15 is 0 Å². The van der Waals surface area contributed by atoms with Crippen molar-refractivity contribution in [3.8, 4) is 0 Å². The summed E-state index contributed by atoms with van der Waals surface area (Å²) in [5.41, 5.74) is 5.07. The van der Waals surface area contributed by atoms with Gasteiger partial charge in [0.2, 0.25) is 0 Å². The first-order valence-electron chi connectivity index (χ1n) is 8.00. The summed E-state index contributed by atoms with van der Waals surface area (Å²) in [6.07, 6.45) is -0.218. The molecule has 0 saturated carbocycles. The van der Waals surface area contributed by atoms with Gasteiger partial charge in [0.25, 0.3) is 5.91 Å². The smallest absolute Gasteiger partial charge is 0.351 e. The zero-order chi connectivity index (χ0) is 19.1. The van der Waals surface area contributed by atoms with Crippen LogP contribution in [-0.4, -0.2) is 59.9 Å². The van der Waals surface area contributed by atoms with Crippen LogP contribution in [0.3, 0.4) is 0 Å². The van der Waals surface area contributed by atoms with Crippen LogP contribution in [0.1, 0.15) is 16.7 Å². The Morgan fingerprint density at radius 2 is 2.19 bits per heavy atom. The highest BCUT2D eigenvalue weighted by Gasteiger charge is 2.44. The Morgan fingerprint density at radius 1 is 1.37 bits per heavy atom. The molecule has 0 aliphatic carbocycles. The van der Waals surface area contributed by atoms with Crippen LogP contribution in [-0.2, 0) is 4.74 Å². The molecule has 1 fully saturated rings. The number of amides is 1. The second-order valence-electron chi connectivity index (χ2n) is 6.00. The molecular weight excluding hydrogens is 376 g/mol. The van der Waals surface area contributed by atoms with E-state index in [1.807, 2.05) is 5.38 Å². The maximum atomic E-state index is 12.4. The van der Waals surface area contributed by atoms with Gasteiger partial charge in [-0.05, 0) is 6.07 Å². The molecule has 3 aromatic heterocycles. The molecule has 4 atom stereocenters. The third kappa shape index (κ3) is 3.08. The lowest BCUT2D eigenvalue weighted by Gasteiger charge is -2.17. The van der Waals surface area contributed by atoms with E-state index in [2.05, 4.69) is 15.3 Å². The number of imidazole rings is 1. The number of carbonyl (C=O) groups is 1. The van der Waals surface area contributed by atoms with Gasteiger partial charge in [-0.1, -0.05) is 0 Å². The number of aliphatic hydroxyl groups is 2. The van der Waals surface area contributed by atoms with Gasteiger partial charge in [0.15, 0.2) is 11.2 Å². The van der Waals surface area contributed by atoms with Crippen molar-refractivity contribution in [3.63, 3.8) is 0 Å². The number of rotatable bonds is 4. The van der Waals surface area contributed by atoms with Crippen LogP contribution < -0.4 is 16.7 Å². The van der Waals surface area contributed by atoms with Crippen LogP contribution in [0.15, 0.2) is 34.8 Å². The predicted molar refractivity (Wildman–Crippen MR) is 94.2 cm³/mol. The molecule has 142 valence electrons. The van der Waals surface area contributed by atoms with Gasteiger partial charge in [-0.25, -0.2) is 9.78 Å². The van der Waals surface area contributed by atoms with Crippen molar-refractivity contribution in [2.45, 2.75) is 24.5 Å². The van der Waals surface area contributed by atoms with Crippen molar-refractivity contribution < 1.29 is 19.7 Å². The molecule has 0 bridgehead atoms. The Kier molecular flexibility index (Phi) is 4.39. The van der Waals surface area contributed by atoms with Gasteiger partial charge in [-0.2, -0.15) is 4.98 Å². The molecule has 3 aromatic rings. The number of aliphatic hydroxyl groups excluding tert-OH is 2. The van der Waals surface area contributed by atoms with Gasteiger partial charge in [0, 0.05) is 24.3 Å². The number of thiazole rings is 1. The summed E-state index contributed by atoms with van der Waals surface area (Å²) in [5, 5.41) is 24.9. The minimum Gasteiger partial charge on any atom is -0.387 e. The van der Waals surface area contributed by atoms with Crippen LogP contribution in [0.2, 0.25) is 0 Å². The topological polar surface area (TPSA) is 157 Å². The van der Waals surface area contributed by atoms with Crippen LogP contribution in [0.25, 0.3) is 4.96 Å². The molecule has 5 N–H and O–H groups in total. The molecule has 11 nitrogen and oxygen atoms in total. The summed E-state index contributed by atoms with van der Waals surface area (Å²) in [6.45, 7) is -0.0674. The molecule has 0 aromatic carbocycles. The van der Waals surface area contributed by atoms with Gasteiger partial charge in [0.1, 0.15) is 29.8 Å². The quantitative estimate of drug-likeness (QED) is 0.421. The fourth-order valence-corrected chi connectivity index (χ4v) is 3.62. The summed E-state index contributed by atoms with van der Waals surface area (Å²) < 4.78 is 8.26. The highest BCUT2D eigenvalue weighted by molar-refractivity contribution is 7.15. The molecule has 1 amide bonds. The number of hydrogen-bond acceptors (Lipinski definition) is 9. The second kappa shape index (κ2) is 6.74. The van der Waals surface area contributed by atoms with E-state index < -0.39 is 36.1 Å². The Balaban J connectivity index is 1.46. The van der Waals surface area contributed by atoms with Crippen molar-refractivity contribution in [2.24, 2.45) is 0 Å². The Bertz CT molecular complexity index is 1040. The predicted octanol–water partition coefficient (Wildman–Crippen LogP) is -1.42. The highest BCUT2D eigenvalue weighted by Crippen LogP contribution is 2.28. The fourth-order valence-electron chi connectivity index (χ4n) is 2.93. The zero-order valence-corrected chi connectivity index (χ0v) is 14.6. The van der Waals surface area contributed by atoms with E-state index in [4.69, 9.17) is 10.5 Å². The molecule has 0 unspecified atom stereocenters. The average molecular weight is 392 g/mol. The van der Waals surface area contributed by atoms with Crippen LogP contribution in [0.5, 0.6) is 0 Å². The van der Waals surface area contributed by atoms with E-state index in [0.29, 0.717) is 10.7 Å². The number of nitrogen functional groups attached to an aromatic ring is 1. The Hall–Kier alpha value is -2.80. The number of anilines is 1. The monoisotopic (exact) mass is 392 g/mol. The summed E-state index contributed by atoms with van der Waals surface area (Å²) in [5.74, 6) is -0.366. The zero-order valence-electron chi connectivity index (χ0n) is 13.8.